The minimum atomic E-state index is -0.221. The van der Waals surface area contributed by atoms with Gasteiger partial charge in [0.2, 0.25) is 0 Å². The summed E-state index contributed by atoms with van der Waals surface area (Å²) < 4.78 is 11.2. The van der Waals surface area contributed by atoms with E-state index in [1.54, 1.807) is 0 Å². The Kier molecular flexibility index (Phi) is 8.16. The fraction of sp³-hybridized carbons (Fsp3) is 0.250. The van der Waals surface area contributed by atoms with Crippen LogP contribution >= 0.6 is 0 Å². The Morgan fingerprint density at radius 3 is 2.20 bits per heavy atom. The van der Waals surface area contributed by atoms with E-state index in [0.29, 0.717) is 26.1 Å². The number of esters is 1. The summed E-state index contributed by atoms with van der Waals surface area (Å²) in [6.45, 7) is 4.95. The molecule has 1 saturated heterocycles. The van der Waals surface area contributed by atoms with Crippen molar-refractivity contribution in [2.24, 2.45) is 0 Å². The highest BCUT2D eigenvalue weighted by Gasteiger charge is 2.16. The van der Waals surface area contributed by atoms with E-state index >= 15 is 0 Å². The largest absolute Gasteiger partial charge is 0.494 e. The third kappa shape index (κ3) is 6.68. The number of anilines is 1. The molecule has 0 saturated carbocycles. The Hall–Kier alpha value is -5.15. The summed E-state index contributed by atoms with van der Waals surface area (Å²) in [6.07, 6.45) is 0.904. The number of hydrogen-bond acceptors (Lipinski definition) is 7. The molecule has 6 aromatic rings. The molecule has 1 aliphatic heterocycles. The summed E-state index contributed by atoms with van der Waals surface area (Å²) in [7, 11) is 2.17. The molecule has 0 bridgehead atoms. The number of ether oxygens (including phenoxy) is 2. The lowest BCUT2D eigenvalue weighted by Gasteiger charge is -2.34. The van der Waals surface area contributed by atoms with Crippen LogP contribution < -0.4 is 9.64 Å². The number of piperazine rings is 1. The zero-order valence-electron chi connectivity index (χ0n) is 25.3. The molecule has 228 valence electrons. The van der Waals surface area contributed by atoms with Crippen molar-refractivity contribution in [3.8, 4) is 28.5 Å². The van der Waals surface area contributed by atoms with Crippen LogP contribution in [-0.4, -0.2) is 70.6 Å². The van der Waals surface area contributed by atoms with E-state index in [1.165, 1.54) is 5.69 Å². The Labute approximate surface area is 261 Å². The summed E-state index contributed by atoms with van der Waals surface area (Å²) in [4.78, 5) is 33.5. The predicted molar refractivity (Wildman–Crippen MR) is 177 cm³/mol. The molecule has 9 heteroatoms. The summed E-state index contributed by atoms with van der Waals surface area (Å²) in [6, 6.07) is 30.1. The zero-order chi connectivity index (χ0) is 30.6. The maximum Gasteiger partial charge on any atom is 0.306 e. The van der Waals surface area contributed by atoms with Crippen molar-refractivity contribution < 1.29 is 14.3 Å². The Morgan fingerprint density at radius 1 is 0.778 bits per heavy atom. The van der Waals surface area contributed by atoms with Gasteiger partial charge >= 0.3 is 5.97 Å². The van der Waals surface area contributed by atoms with E-state index in [4.69, 9.17) is 19.4 Å². The standard InChI is InChI=1S/C36H36N6O3/c1-41-17-19-42(20-18-41)28-12-16-31-33(23-28)40-36(38-31)27-11-15-30-32(22-27)39-35(37-30)26-9-13-29(14-10-26)44-21-5-8-34(43)45-24-25-6-3-2-4-7-25/h2-4,6-7,9-16,22-23H,5,8,17-21,24H2,1H3,(H,37,39)(H,38,40). The second-order valence-corrected chi connectivity index (χ2v) is 11.5. The van der Waals surface area contributed by atoms with Gasteiger partial charge in [-0.25, -0.2) is 9.97 Å². The van der Waals surface area contributed by atoms with Crippen LogP contribution in [0.5, 0.6) is 5.75 Å². The molecule has 45 heavy (non-hydrogen) atoms. The number of carbonyl (C=O) groups is 1. The number of aromatic nitrogens is 4. The first-order chi connectivity index (χ1) is 22.1. The van der Waals surface area contributed by atoms with Crippen molar-refractivity contribution in [3.63, 3.8) is 0 Å². The van der Waals surface area contributed by atoms with Crippen LogP contribution in [0.4, 0.5) is 5.69 Å². The van der Waals surface area contributed by atoms with Crippen LogP contribution in [-0.2, 0) is 16.1 Å². The average Bonchev–Trinajstić information content (AvgIpc) is 3.71. The molecule has 1 aliphatic rings. The minimum absolute atomic E-state index is 0.221. The Balaban J connectivity index is 0.958. The second-order valence-electron chi connectivity index (χ2n) is 11.5. The van der Waals surface area contributed by atoms with Gasteiger partial charge in [-0.3, -0.25) is 4.79 Å². The molecule has 0 radical (unpaired) electrons. The number of benzene rings is 4. The third-order valence-electron chi connectivity index (χ3n) is 8.25. The second kappa shape index (κ2) is 12.8. The molecule has 1 fully saturated rings. The smallest absolute Gasteiger partial charge is 0.306 e. The van der Waals surface area contributed by atoms with Crippen LogP contribution in [0.3, 0.4) is 0 Å². The lowest BCUT2D eigenvalue weighted by Crippen LogP contribution is -2.44. The molecule has 2 N–H and O–H groups in total. The summed E-state index contributed by atoms with van der Waals surface area (Å²) in [5, 5.41) is 0. The summed E-state index contributed by atoms with van der Waals surface area (Å²) in [5.41, 5.74) is 8.01. The minimum Gasteiger partial charge on any atom is -0.494 e. The number of nitrogens with zero attached hydrogens (tertiary/aromatic N) is 4. The number of imidazole rings is 2. The number of rotatable bonds is 10. The lowest BCUT2D eigenvalue weighted by molar-refractivity contribution is -0.145. The van der Waals surface area contributed by atoms with E-state index in [-0.39, 0.29) is 5.97 Å². The van der Waals surface area contributed by atoms with Crippen LogP contribution in [0.2, 0.25) is 0 Å². The molecule has 0 atom stereocenters. The highest BCUT2D eigenvalue weighted by Crippen LogP contribution is 2.29. The molecule has 7 rings (SSSR count). The number of nitrogens with one attached hydrogen (secondary N) is 2. The SMILES string of the molecule is CN1CCN(c2ccc3nc(-c4ccc5nc(-c6ccc(OCCCC(=O)OCc7ccccc7)cc6)[nH]c5c4)[nH]c3c2)CC1. The first kappa shape index (κ1) is 28.6. The fourth-order valence-corrected chi connectivity index (χ4v) is 5.62. The van der Waals surface area contributed by atoms with Gasteiger partial charge in [0.1, 0.15) is 24.0 Å². The molecule has 3 heterocycles. The van der Waals surface area contributed by atoms with Crippen molar-refractivity contribution >= 4 is 33.7 Å². The quantitative estimate of drug-likeness (QED) is 0.138. The van der Waals surface area contributed by atoms with Crippen molar-refractivity contribution in [1.82, 2.24) is 24.8 Å². The van der Waals surface area contributed by atoms with Gasteiger partial charge < -0.3 is 29.2 Å². The van der Waals surface area contributed by atoms with Crippen molar-refractivity contribution in [1.29, 1.82) is 0 Å². The highest BCUT2D eigenvalue weighted by molar-refractivity contribution is 5.87. The molecule has 0 aliphatic carbocycles. The molecule has 2 aromatic heterocycles. The Bertz CT molecular complexity index is 1910. The monoisotopic (exact) mass is 600 g/mol. The molecular weight excluding hydrogens is 564 g/mol. The van der Waals surface area contributed by atoms with E-state index in [9.17, 15) is 4.79 Å². The van der Waals surface area contributed by atoms with Gasteiger partial charge in [-0.1, -0.05) is 30.3 Å². The number of likely N-dealkylation sites (N-methyl/N-ethyl adjacent to an activating group) is 1. The van der Waals surface area contributed by atoms with Gasteiger partial charge in [-0.15, -0.1) is 0 Å². The van der Waals surface area contributed by atoms with Gasteiger partial charge in [0, 0.05) is 49.4 Å². The number of aromatic amines is 2. The average molecular weight is 601 g/mol. The molecule has 0 spiro atoms. The molecule has 9 nitrogen and oxygen atoms in total. The normalized spacial score (nSPS) is 13.8. The van der Waals surface area contributed by atoms with Gasteiger partial charge in [0.15, 0.2) is 0 Å². The number of hydrogen-bond donors (Lipinski definition) is 2. The van der Waals surface area contributed by atoms with Crippen LogP contribution in [0.1, 0.15) is 18.4 Å². The fourth-order valence-electron chi connectivity index (χ4n) is 5.62. The topological polar surface area (TPSA) is 99.4 Å². The van der Waals surface area contributed by atoms with E-state index in [1.807, 2.05) is 60.7 Å². The van der Waals surface area contributed by atoms with Crippen LogP contribution in [0.25, 0.3) is 44.8 Å². The van der Waals surface area contributed by atoms with E-state index in [2.05, 4.69) is 57.1 Å². The van der Waals surface area contributed by atoms with Crippen LogP contribution in [0.15, 0.2) is 91.0 Å². The van der Waals surface area contributed by atoms with E-state index < -0.39 is 0 Å². The maximum atomic E-state index is 12.0. The molecular formula is C36H36N6O3. The van der Waals surface area contributed by atoms with Crippen molar-refractivity contribution in [2.75, 3.05) is 44.7 Å². The summed E-state index contributed by atoms with van der Waals surface area (Å²) >= 11 is 0. The number of carbonyl (C=O) groups excluding carboxylic acids is 1. The highest BCUT2D eigenvalue weighted by atomic mass is 16.5. The van der Waals surface area contributed by atoms with Gasteiger partial charge in [0.25, 0.3) is 0 Å². The number of fused-ring (bicyclic) bond motifs is 2. The van der Waals surface area contributed by atoms with Crippen LogP contribution in [0, 0.1) is 0 Å². The first-order valence-corrected chi connectivity index (χ1v) is 15.4. The molecule has 4 aromatic carbocycles. The zero-order valence-corrected chi connectivity index (χ0v) is 25.3. The van der Waals surface area contributed by atoms with Crippen molar-refractivity contribution in [3.05, 3.63) is 96.6 Å². The lowest BCUT2D eigenvalue weighted by atomic mass is 10.2. The first-order valence-electron chi connectivity index (χ1n) is 15.4. The third-order valence-corrected chi connectivity index (χ3v) is 8.25. The maximum absolute atomic E-state index is 12.0. The summed E-state index contributed by atoms with van der Waals surface area (Å²) in [5.74, 6) is 2.15. The van der Waals surface area contributed by atoms with Gasteiger partial charge in [-0.05, 0) is 79.7 Å². The molecule has 0 amide bonds. The van der Waals surface area contributed by atoms with Gasteiger partial charge in [-0.2, -0.15) is 0 Å². The van der Waals surface area contributed by atoms with Crippen molar-refractivity contribution in [2.45, 2.75) is 19.4 Å². The van der Waals surface area contributed by atoms with Gasteiger partial charge in [0.05, 0.1) is 28.7 Å². The molecule has 0 unspecified atom stereocenters. The van der Waals surface area contributed by atoms with E-state index in [0.717, 1.165) is 82.3 Å². The number of H-pyrrole nitrogens is 2. The predicted octanol–water partition coefficient (Wildman–Crippen LogP) is 6.43. The Morgan fingerprint density at radius 2 is 1.44 bits per heavy atom.